The fraction of sp³-hybridized carbons (Fsp3) is 0.571. The zero-order chi connectivity index (χ0) is 13.4. The topological polar surface area (TPSA) is 94.0 Å². The van der Waals surface area contributed by atoms with E-state index in [1.165, 1.54) is 25.7 Å². The first-order valence-corrected chi connectivity index (χ1v) is 6.95. The van der Waals surface area contributed by atoms with E-state index in [2.05, 4.69) is 10.3 Å². The maximum absolute atomic E-state index is 11.1. The maximum Gasteiger partial charge on any atom is 0.267 e. The molecule has 1 aromatic rings. The van der Waals surface area contributed by atoms with E-state index in [1.807, 2.05) is 0 Å². The number of nitrogen functional groups attached to an aromatic ring is 1. The number of aromatic nitrogens is 1. The average Bonchev–Trinajstić information content (AvgIpc) is 3.25. The molecule has 2 fully saturated rings. The van der Waals surface area contributed by atoms with Crippen molar-refractivity contribution >= 4 is 17.4 Å². The van der Waals surface area contributed by atoms with Crippen LogP contribution in [0.1, 0.15) is 36.2 Å². The van der Waals surface area contributed by atoms with E-state index in [0.29, 0.717) is 11.5 Å². The summed E-state index contributed by atoms with van der Waals surface area (Å²) in [6, 6.07) is 3.24. The standard InChI is InChI=1S/C14H20N4O/c15-11-5-6-12(13(16)19)18-14(11)17-7-10(8-1-2-8)9-3-4-9/h5-6,8-10H,1-4,7,15H2,(H2,16,19)(H,17,18). The minimum Gasteiger partial charge on any atom is -0.396 e. The Morgan fingerprint density at radius 2 is 1.95 bits per heavy atom. The Hall–Kier alpha value is -1.78. The number of nitrogens with one attached hydrogen (secondary N) is 1. The fourth-order valence-corrected chi connectivity index (χ4v) is 2.73. The van der Waals surface area contributed by atoms with Gasteiger partial charge in [0.15, 0.2) is 0 Å². The van der Waals surface area contributed by atoms with Crippen molar-refractivity contribution in [3.05, 3.63) is 17.8 Å². The van der Waals surface area contributed by atoms with Gasteiger partial charge in [-0.25, -0.2) is 4.98 Å². The molecule has 2 aliphatic rings. The van der Waals surface area contributed by atoms with E-state index >= 15 is 0 Å². The lowest BCUT2D eigenvalue weighted by atomic mass is 9.98. The molecular weight excluding hydrogens is 240 g/mol. The SMILES string of the molecule is NC(=O)c1ccc(N)c(NCC(C2CC2)C2CC2)n1. The third-order valence-electron chi connectivity index (χ3n) is 4.14. The van der Waals surface area contributed by atoms with Gasteiger partial charge in [0, 0.05) is 6.54 Å². The van der Waals surface area contributed by atoms with Crippen LogP contribution < -0.4 is 16.8 Å². The summed E-state index contributed by atoms with van der Waals surface area (Å²) >= 11 is 0. The number of rotatable bonds is 6. The molecule has 2 saturated carbocycles. The van der Waals surface area contributed by atoms with Gasteiger partial charge in [0.2, 0.25) is 0 Å². The number of amides is 1. The molecule has 5 nitrogen and oxygen atoms in total. The van der Waals surface area contributed by atoms with Gasteiger partial charge in [-0.2, -0.15) is 0 Å². The van der Waals surface area contributed by atoms with Crippen molar-refractivity contribution in [2.45, 2.75) is 25.7 Å². The van der Waals surface area contributed by atoms with Gasteiger partial charge in [-0.3, -0.25) is 4.79 Å². The first-order chi connectivity index (χ1) is 9.15. The lowest BCUT2D eigenvalue weighted by molar-refractivity contribution is 0.0996. The molecule has 1 aromatic heterocycles. The first-order valence-electron chi connectivity index (χ1n) is 6.95. The highest BCUT2D eigenvalue weighted by atomic mass is 16.1. The summed E-state index contributed by atoms with van der Waals surface area (Å²) in [5, 5.41) is 3.31. The van der Waals surface area contributed by atoms with Crippen LogP contribution in [0.25, 0.3) is 0 Å². The van der Waals surface area contributed by atoms with Crippen molar-refractivity contribution < 1.29 is 4.79 Å². The molecule has 5 N–H and O–H groups in total. The minimum atomic E-state index is -0.524. The van der Waals surface area contributed by atoms with Crippen molar-refractivity contribution in [2.24, 2.45) is 23.5 Å². The van der Waals surface area contributed by atoms with E-state index < -0.39 is 5.91 Å². The van der Waals surface area contributed by atoms with Gasteiger partial charge in [0.1, 0.15) is 11.5 Å². The number of hydrogen-bond donors (Lipinski definition) is 3. The molecule has 0 saturated heterocycles. The Morgan fingerprint density at radius 1 is 1.32 bits per heavy atom. The van der Waals surface area contributed by atoms with Gasteiger partial charge >= 0.3 is 0 Å². The van der Waals surface area contributed by atoms with Crippen LogP contribution >= 0.6 is 0 Å². The predicted octanol–water partition coefficient (Wildman–Crippen LogP) is 1.61. The third-order valence-corrected chi connectivity index (χ3v) is 4.14. The van der Waals surface area contributed by atoms with Crippen LogP contribution in [0.15, 0.2) is 12.1 Å². The maximum atomic E-state index is 11.1. The zero-order valence-electron chi connectivity index (χ0n) is 10.9. The second-order valence-corrected chi connectivity index (χ2v) is 5.72. The van der Waals surface area contributed by atoms with E-state index in [1.54, 1.807) is 12.1 Å². The summed E-state index contributed by atoms with van der Waals surface area (Å²) < 4.78 is 0. The quantitative estimate of drug-likeness (QED) is 0.724. The summed E-state index contributed by atoms with van der Waals surface area (Å²) in [7, 11) is 0. The van der Waals surface area contributed by atoms with Gasteiger partial charge in [0.05, 0.1) is 5.69 Å². The summed E-state index contributed by atoms with van der Waals surface area (Å²) in [5.41, 5.74) is 11.9. The molecule has 0 aliphatic heterocycles. The number of nitrogens with two attached hydrogens (primary N) is 2. The normalized spacial score (nSPS) is 18.6. The number of primary amides is 1. The molecule has 1 amide bonds. The van der Waals surface area contributed by atoms with Crippen molar-refractivity contribution in [3.8, 4) is 0 Å². The van der Waals surface area contributed by atoms with Gasteiger partial charge in [-0.1, -0.05) is 0 Å². The predicted molar refractivity (Wildman–Crippen MR) is 74.6 cm³/mol. The van der Waals surface area contributed by atoms with Crippen LogP contribution in [0.5, 0.6) is 0 Å². The van der Waals surface area contributed by atoms with Gasteiger partial charge < -0.3 is 16.8 Å². The van der Waals surface area contributed by atoms with Crippen molar-refractivity contribution in [3.63, 3.8) is 0 Å². The zero-order valence-corrected chi connectivity index (χ0v) is 10.9. The Morgan fingerprint density at radius 3 is 2.47 bits per heavy atom. The number of anilines is 2. The molecule has 3 rings (SSSR count). The Balaban J connectivity index is 1.68. The van der Waals surface area contributed by atoms with E-state index in [0.717, 1.165) is 24.3 Å². The van der Waals surface area contributed by atoms with E-state index in [-0.39, 0.29) is 5.69 Å². The molecule has 19 heavy (non-hydrogen) atoms. The molecule has 0 unspecified atom stereocenters. The van der Waals surface area contributed by atoms with Gasteiger partial charge in [0.25, 0.3) is 5.91 Å². The highest BCUT2D eigenvalue weighted by molar-refractivity contribution is 5.91. The van der Waals surface area contributed by atoms with Crippen LogP contribution in [0.2, 0.25) is 0 Å². The number of carbonyl (C=O) groups excluding carboxylic acids is 1. The van der Waals surface area contributed by atoms with Crippen molar-refractivity contribution in [2.75, 3.05) is 17.6 Å². The molecule has 102 valence electrons. The number of carbonyl (C=O) groups is 1. The van der Waals surface area contributed by atoms with Gasteiger partial charge in [-0.05, 0) is 55.6 Å². The van der Waals surface area contributed by atoms with E-state index in [4.69, 9.17) is 11.5 Å². The molecule has 5 heteroatoms. The Kier molecular flexibility index (Phi) is 3.05. The Bertz CT molecular complexity index is 482. The molecule has 0 radical (unpaired) electrons. The monoisotopic (exact) mass is 260 g/mol. The molecule has 1 heterocycles. The number of hydrogen-bond acceptors (Lipinski definition) is 4. The lowest BCUT2D eigenvalue weighted by Crippen LogP contribution is -2.21. The van der Waals surface area contributed by atoms with Crippen LogP contribution in [-0.2, 0) is 0 Å². The molecule has 0 bridgehead atoms. The highest BCUT2D eigenvalue weighted by Gasteiger charge is 2.41. The summed E-state index contributed by atoms with van der Waals surface area (Å²) in [4.78, 5) is 15.3. The summed E-state index contributed by atoms with van der Waals surface area (Å²) in [5.74, 6) is 2.55. The van der Waals surface area contributed by atoms with Crippen molar-refractivity contribution in [1.29, 1.82) is 0 Å². The fourth-order valence-electron chi connectivity index (χ4n) is 2.73. The second kappa shape index (κ2) is 4.72. The molecule has 0 spiro atoms. The minimum absolute atomic E-state index is 0.256. The van der Waals surface area contributed by atoms with Crippen LogP contribution in [0, 0.1) is 17.8 Å². The van der Waals surface area contributed by atoms with Crippen molar-refractivity contribution in [1.82, 2.24) is 4.98 Å². The van der Waals surface area contributed by atoms with Crippen LogP contribution in [0.4, 0.5) is 11.5 Å². The molecule has 0 atom stereocenters. The smallest absolute Gasteiger partial charge is 0.267 e. The first kappa shape index (κ1) is 12.3. The average molecular weight is 260 g/mol. The molecular formula is C14H20N4O. The number of pyridine rings is 1. The molecule has 2 aliphatic carbocycles. The number of nitrogens with zero attached hydrogens (tertiary/aromatic N) is 1. The lowest BCUT2D eigenvalue weighted by Gasteiger charge is -2.17. The van der Waals surface area contributed by atoms with Crippen LogP contribution in [0.3, 0.4) is 0 Å². The summed E-state index contributed by atoms with van der Waals surface area (Å²) in [6.07, 6.45) is 5.42. The molecule has 0 aromatic carbocycles. The van der Waals surface area contributed by atoms with Crippen LogP contribution in [-0.4, -0.2) is 17.4 Å². The summed E-state index contributed by atoms with van der Waals surface area (Å²) in [6.45, 7) is 0.898. The third kappa shape index (κ3) is 2.80. The van der Waals surface area contributed by atoms with E-state index in [9.17, 15) is 4.79 Å². The largest absolute Gasteiger partial charge is 0.396 e. The second-order valence-electron chi connectivity index (χ2n) is 5.72. The van der Waals surface area contributed by atoms with Gasteiger partial charge in [-0.15, -0.1) is 0 Å². The highest BCUT2D eigenvalue weighted by Crippen LogP contribution is 2.49. The Labute approximate surface area is 112 Å².